The van der Waals surface area contributed by atoms with Crippen molar-refractivity contribution in [3.05, 3.63) is 23.2 Å². The van der Waals surface area contributed by atoms with Crippen molar-refractivity contribution in [3.63, 3.8) is 0 Å². The highest BCUT2D eigenvalue weighted by molar-refractivity contribution is 6.34. The molecule has 0 radical (unpaired) electrons. The fourth-order valence-corrected chi connectivity index (χ4v) is 2.24. The summed E-state index contributed by atoms with van der Waals surface area (Å²) in [7, 11) is 1.53. The van der Waals surface area contributed by atoms with Crippen LogP contribution in [0.1, 0.15) is 13.3 Å². The molecule has 102 valence electrons. The fourth-order valence-electron chi connectivity index (χ4n) is 2.02. The van der Waals surface area contributed by atoms with Gasteiger partial charge in [-0.25, -0.2) is 0 Å². The van der Waals surface area contributed by atoms with Crippen molar-refractivity contribution in [3.8, 4) is 5.75 Å². The molecule has 19 heavy (non-hydrogen) atoms. The van der Waals surface area contributed by atoms with Crippen molar-refractivity contribution >= 4 is 29.1 Å². The van der Waals surface area contributed by atoms with Gasteiger partial charge in [-0.2, -0.15) is 0 Å². The van der Waals surface area contributed by atoms with Crippen LogP contribution in [0, 0.1) is 0 Å². The van der Waals surface area contributed by atoms with Crippen molar-refractivity contribution in [2.45, 2.75) is 19.4 Å². The molecule has 0 aromatic heterocycles. The first-order valence-corrected chi connectivity index (χ1v) is 6.39. The van der Waals surface area contributed by atoms with Gasteiger partial charge in [-0.1, -0.05) is 18.5 Å². The van der Waals surface area contributed by atoms with Gasteiger partial charge in [-0.15, -0.1) is 0 Å². The molecule has 1 saturated heterocycles. The van der Waals surface area contributed by atoms with E-state index in [1.807, 2.05) is 6.92 Å². The van der Waals surface area contributed by atoms with Crippen molar-refractivity contribution < 1.29 is 14.3 Å². The van der Waals surface area contributed by atoms with E-state index < -0.39 is 6.04 Å². The molecule has 0 bridgehead atoms. The summed E-state index contributed by atoms with van der Waals surface area (Å²) in [5.74, 6) is 0.244. The number of nitrogens with zero attached hydrogens (tertiary/aromatic N) is 1. The summed E-state index contributed by atoms with van der Waals surface area (Å²) in [6.07, 6.45) is 0.544. The average molecular weight is 283 g/mol. The summed E-state index contributed by atoms with van der Waals surface area (Å²) in [5.41, 5.74) is 0.499. The quantitative estimate of drug-likeness (QED) is 0.916. The molecule has 0 saturated carbocycles. The molecule has 6 heteroatoms. The minimum absolute atomic E-state index is 0.0256. The maximum Gasteiger partial charge on any atom is 0.250 e. The van der Waals surface area contributed by atoms with Crippen molar-refractivity contribution in [1.82, 2.24) is 5.32 Å². The Morgan fingerprint density at radius 3 is 2.84 bits per heavy atom. The lowest BCUT2D eigenvalue weighted by molar-refractivity contribution is -0.131. The molecule has 1 atom stereocenters. The molecule has 1 aliphatic heterocycles. The van der Waals surface area contributed by atoms with Gasteiger partial charge in [0.1, 0.15) is 18.3 Å². The highest BCUT2D eigenvalue weighted by Crippen LogP contribution is 2.31. The van der Waals surface area contributed by atoms with E-state index in [9.17, 15) is 9.59 Å². The minimum atomic E-state index is -0.497. The van der Waals surface area contributed by atoms with Gasteiger partial charge >= 0.3 is 0 Å². The third-order valence-electron chi connectivity index (χ3n) is 3.05. The number of carbonyl (C=O) groups is 2. The molecular formula is C13H15ClN2O3. The Bertz CT molecular complexity index is 519. The molecule has 0 aliphatic carbocycles. The fraction of sp³-hybridized carbons (Fsp3) is 0.385. The predicted molar refractivity (Wildman–Crippen MR) is 72.6 cm³/mol. The van der Waals surface area contributed by atoms with Gasteiger partial charge in [-0.05, 0) is 18.6 Å². The molecule has 1 unspecified atom stereocenters. The predicted octanol–water partition coefficient (Wildman–Crippen LogP) is 1.59. The lowest BCUT2D eigenvalue weighted by Gasteiger charge is -2.32. The van der Waals surface area contributed by atoms with Crippen LogP contribution in [-0.4, -0.2) is 31.5 Å². The monoisotopic (exact) mass is 282 g/mol. The van der Waals surface area contributed by atoms with Crippen LogP contribution in [0.4, 0.5) is 5.69 Å². The Balaban J connectivity index is 2.39. The molecular weight excluding hydrogens is 268 g/mol. The standard InChI is InChI=1S/C13H15ClN2O3/c1-3-10-13(18)16(7-12(17)15-10)11-6-8(19-2)4-5-9(11)14/h4-6,10H,3,7H2,1-2H3,(H,15,17). The Morgan fingerprint density at radius 2 is 2.21 bits per heavy atom. The smallest absolute Gasteiger partial charge is 0.250 e. The zero-order valence-corrected chi connectivity index (χ0v) is 11.5. The summed E-state index contributed by atoms with van der Waals surface area (Å²) in [4.78, 5) is 25.3. The van der Waals surface area contributed by atoms with Crippen molar-refractivity contribution in [2.24, 2.45) is 0 Å². The number of anilines is 1. The number of rotatable bonds is 3. The SMILES string of the molecule is CCC1NC(=O)CN(c2cc(OC)ccc2Cl)C1=O. The maximum absolute atomic E-state index is 12.3. The molecule has 0 spiro atoms. The molecule has 2 amide bonds. The summed E-state index contributed by atoms with van der Waals surface area (Å²) >= 11 is 6.11. The third kappa shape index (κ3) is 2.66. The Hall–Kier alpha value is -1.75. The molecule has 1 heterocycles. The largest absolute Gasteiger partial charge is 0.497 e. The van der Waals surface area contributed by atoms with Gasteiger partial charge < -0.3 is 10.1 Å². The summed E-state index contributed by atoms with van der Waals surface area (Å²) in [6, 6.07) is 4.52. The summed E-state index contributed by atoms with van der Waals surface area (Å²) in [5, 5.41) is 3.07. The van der Waals surface area contributed by atoms with Crippen LogP contribution in [0.15, 0.2) is 18.2 Å². The highest BCUT2D eigenvalue weighted by Gasteiger charge is 2.33. The number of piperazine rings is 1. The number of hydrogen-bond donors (Lipinski definition) is 1. The number of nitrogens with one attached hydrogen (secondary N) is 1. The number of hydrogen-bond acceptors (Lipinski definition) is 3. The molecule has 1 fully saturated rings. The van der Waals surface area contributed by atoms with Crippen LogP contribution < -0.4 is 15.0 Å². The number of methoxy groups -OCH3 is 1. The van der Waals surface area contributed by atoms with E-state index in [-0.39, 0.29) is 18.4 Å². The second-order valence-corrected chi connectivity index (χ2v) is 4.68. The van der Waals surface area contributed by atoms with Crippen molar-refractivity contribution in [1.29, 1.82) is 0 Å². The van der Waals surface area contributed by atoms with E-state index in [4.69, 9.17) is 16.3 Å². The van der Waals surface area contributed by atoms with E-state index in [1.54, 1.807) is 18.2 Å². The first kappa shape index (κ1) is 13.7. The van der Waals surface area contributed by atoms with Crippen LogP contribution in [0.5, 0.6) is 5.75 Å². The molecule has 1 aliphatic rings. The van der Waals surface area contributed by atoms with E-state index in [1.165, 1.54) is 12.0 Å². The van der Waals surface area contributed by atoms with Crippen LogP contribution in [-0.2, 0) is 9.59 Å². The van der Waals surface area contributed by atoms with Gasteiger partial charge in [-0.3, -0.25) is 14.5 Å². The molecule has 5 nitrogen and oxygen atoms in total. The number of halogens is 1. The maximum atomic E-state index is 12.3. The van der Waals surface area contributed by atoms with Gasteiger partial charge in [0.25, 0.3) is 0 Å². The first-order valence-electron chi connectivity index (χ1n) is 6.01. The third-order valence-corrected chi connectivity index (χ3v) is 3.37. The second-order valence-electron chi connectivity index (χ2n) is 4.27. The van der Waals surface area contributed by atoms with Crippen LogP contribution in [0.3, 0.4) is 0 Å². The van der Waals surface area contributed by atoms with E-state index >= 15 is 0 Å². The zero-order valence-electron chi connectivity index (χ0n) is 10.8. The number of carbonyl (C=O) groups excluding carboxylic acids is 2. The highest BCUT2D eigenvalue weighted by atomic mass is 35.5. The second kappa shape index (κ2) is 5.48. The van der Waals surface area contributed by atoms with Crippen molar-refractivity contribution in [2.75, 3.05) is 18.6 Å². The normalized spacial score (nSPS) is 19.3. The lowest BCUT2D eigenvalue weighted by atomic mass is 10.1. The van der Waals surface area contributed by atoms with E-state index in [2.05, 4.69) is 5.32 Å². The minimum Gasteiger partial charge on any atom is -0.497 e. The average Bonchev–Trinajstić information content (AvgIpc) is 2.41. The van der Waals surface area contributed by atoms with Crippen LogP contribution >= 0.6 is 11.6 Å². The van der Waals surface area contributed by atoms with Gasteiger partial charge in [0.15, 0.2) is 0 Å². The van der Waals surface area contributed by atoms with Gasteiger partial charge in [0.05, 0.1) is 17.8 Å². The van der Waals surface area contributed by atoms with E-state index in [0.29, 0.717) is 22.9 Å². The molecule has 1 N–H and O–H groups in total. The van der Waals surface area contributed by atoms with Gasteiger partial charge in [0, 0.05) is 6.07 Å². The Morgan fingerprint density at radius 1 is 1.47 bits per heavy atom. The Labute approximate surface area is 116 Å². The topological polar surface area (TPSA) is 58.6 Å². The molecule has 1 aromatic carbocycles. The number of amides is 2. The summed E-state index contributed by atoms with van der Waals surface area (Å²) in [6.45, 7) is 1.82. The van der Waals surface area contributed by atoms with Crippen LogP contribution in [0.2, 0.25) is 5.02 Å². The van der Waals surface area contributed by atoms with E-state index in [0.717, 1.165) is 0 Å². The summed E-state index contributed by atoms with van der Waals surface area (Å²) < 4.78 is 5.12. The van der Waals surface area contributed by atoms with Gasteiger partial charge in [0.2, 0.25) is 11.8 Å². The lowest BCUT2D eigenvalue weighted by Crippen LogP contribution is -2.58. The molecule has 1 aromatic rings. The molecule has 2 rings (SSSR count). The first-order chi connectivity index (χ1) is 9.06. The number of benzene rings is 1. The zero-order chi connectivity index (χ0) is 14.0. The Kier molecular flexibility index (Phi) is 3.95. The number of ether oxygens (including phenoxy) is 1. The van der Waals surface area contributed by atoms with Crippen LogP contribution in [0.25, 0.3) is 0 Å².